The van der Waals surface area contributed by atoms with Gasteiger partial charge in [0.2, 0.25) is 0 Å². The van der Waals surface area contributed by atoms with E-state index in [0.29, 0.717) is 0 Å². The summed E-state index contributed by atoms with van der Waals surface area (Å²) in [7, 11) is 0. The minimum atomic E-state index is -4.02. The van der Waals surface area contributed by atoms with E-state index in [1.165, 1.54) is 0 Å². The number of rotatable bonds is 0. The molecule has 1 fully saturated rings. The zero-order valence-corrected chi connectivity index (χ0v) is 4.09. The molecule has 31 valence electrons. The van der Waals surface area contributed by atoms with E-state index in [-0.39, 0.29) is 0 Å². The predicted octanol–water partition coefficient (Wildman–Crippen LogP) is -0.815. The quantitative estimate of drug-likeness (QED) is 0.286. The van der Waals surface area contributed by atoms with E-state index in [0.717, 1.165) is 0 Å². The first-order valence-electron chi connectivity index (χ1n) is 0.849. The van der Waals surface area contributed by atoms with Gasteiger partial charge in [0, 0.05) is 0 Å². The van der Waals surface area contributed by atoms with E-state index < -0.39 is 17.2 Å². The van der Waals surface area contributed by atoms with Crippen molar-refractivity contribution in [2.24, 2.45) is 0 Å². The SMILES string of the molecule is [O]=[Mo]1([OH])[O][O]1. The minimum absolute atomic E-state index is 3.59. The van der Waals surface area contributed by atoms with E-state index in [1.54, 1.807) is 0 Å². The molecule has 4 nitrogen and oxygen atoms in total. The normalized spacial score (nSPS) is 29.8. The van der Waals surface area contributed by atoms with Crippen molar-refractivity contribution in [3.05, 3.63) is 0 Å². The van der Waals surface area contributed by atoms with Crippen molar-refractivity contribution >= 4 is 0 Å². The van der Waals surface area contributed by atoms with Crippen LogP contribution in [0.2, 0.25) is 0 Å². The van der Waals surface area contributed by atoms with Gasteiger partial charge in [0.25, 0.3) is 0 Å². The maximum atomic E-state index is 9.52. The number of hydrogen-bond acceptors (Lipinski definition) is 3. The van der Waals surface area contributed by atoms with Crippen LogP contribution in [-0.4, -0.2) is 3.76 Å². The molecule has 0 bridgehead atoms. The standard InChI is InChI=1S/Mo.O2.H2O.O/c;1-2;;/h;;1H2;/q+3;-2;;/p-1. The maximum absolute atomic E-state index is 9.52. The molecule has 0 unspecified atom stereocenters. The van der Waals surface area contributed by atoms with Crippen molar-refractivity contribution < 1.29 is 31.4 Å². The average molecular weight is 161 g/mol. The molecule has 1 aliphatic heterocycles. The molecule has 0 aromatic carbocycles. The van der Waals surface area contributed by atoms with Crippen LogP contribution in [0.1, 0.15) is 0 Å². The Balaban J connectivity index is 2.72. The molecule has 0 aliphatic carbocycles. The molecule has 5 heteroatoms. The van der Waals surface area contributed by atoms with Gasteiger partial charge in [-0.2, -0.15) is 0 Å². The Labute approximate surface area is 32.1 Å². The molecule has 1 N–H and O–H groups in total. The fourth-order valence-corrected chi connectivity index (χ4v) is 0.832. The van der Waals surface area contributed by atoms with Crippen LogP contribution in [0.4, 0.5) is 0 Å². The second-order valence-corrected chi connectivity index (χ2v) is 3.34. The average Bonchev–Trinajstić information content (AvgIpc) is 1.76. The molecule has 0 aromatic rings. The van der Waals surface area contributed by atoms with Crippen molar-refractivity contribution in [1.82, 2.24) is 0 Å². The van der Waals surface area contributed by atoms with Gasteiger partial charge in [-0.05, 0) is 0 Å². The second-order valence-electron chi connectivity index (χ2n) is 0.564. The Morgan fingerprint density at radius 1 is 1.60 bits per heavy atom. The van der Waals surface area contributed by atoms with Crippen LogP contribution in [-0.2, 0) is 27.6 Å². The van der Waals surface area contributed by atoms with Crippen molar-refractivity contribution in [1.29, 1.82) is 0 Å². The van der Waals surface area contributed by atoms with Gasteiger partial charge < -0.3 is 0 Å². The van der Waals surface area contributed by atoms with Gasteiger partial charge in [-0.15, -0.1) is 0 Å². The Hall–Kier alpha value is 0.368. The van der Waals surface area contributed by atoms with Gasteiger partial charge in [0.05, 0.1) is 0 Å². The van der Waals surface area contributed by atoms with Crippen LogP contribution in [0.5, 0.6) is 0 Å². The first-order chi connectivity index (χ1) is 2.21. The summed E-state index contributed by atoms with van der Waals surface area (Å²) in [5.41, 5.74) is 0. The van der Waals surface area contributed by atoms with Crippen LogP contribution >= 0.6 is 0 Å². The van der Waals surface area contributed by atoms with Crippen molar-refractivity contribution in [3.8, 4) is 0 Å². The molecule has 1 rings (SSSR count). The fraction of sp³-hybridized carbons (Fsp3) is 0. The molecule has 0 spiro atoms. The summed E-state index contributed by atoms with van der Waals surface area (Å²) in [5.74, 6) is 0. The molecule has 0 saturated carbocycles. The molecule has 1 saturated heterocycles. The van der Waals surface area contributed by atoms with Crippen molar-refractivity contribution in [2.75, 3.05) is 0 Å². The molecule has 5 heavy (non-hydrogen) atoms. The summed E-state index contributed by atoms with van der Waals surface area (Å²) in [6.07, 6.45) is 0. The fourth-order valence-electron chi connectivity index (χ4n) is 0.0238. The van der Waals surface area contributed by atoms with E-state index in [4.69, 9.17) is 3.76 Å². The summed E-state index contributed by atoms with van der Waals surface area (Å²) in [6, 6.07) is 0. The van der Waals surface area contributed by atoms with Gasteiger partial charge in [-0.25, -0.2) is 0 Å². The second kappa shape index (κ2) is 0.708. The van der Waals surface area contributed by atoms with Gasteiger partial charge in [-0.1, -0.05) is 0 Å². The monoisotopic (exact) mass is 163 g/mol. The van der Waals surface area contributed by atoms with Crippen LogP contribution in [0.25, 0.3) is 0 Å². The van der Waals surface area contributed by atoms with E-state index in [9.17, 15) is 3.40 Å². The molecular formula is HMoO4. The summed E-state index contributed by atoms with van der Waals surface area (Å²) in [4.78, 5) is 0. The Morgan fingerprint density at radius 2 is 1.80 bits per heavy atom. The third-order valence-electron chi connectivity index (χ3n) is 0.184. The third-order valence-corrected chi connectivity index (χ3v) is 1.09. The molecule has 1 heterocycles. The van der Waals surface area contributed by atoms with E-state index in [1.807, 2.05) is 0 Å². The van der Waals surface area contributed by atoms with Gasteiger partial charge in [-0.3, -0.25) is 0 Å². The van der Waals surface area contributed by atoms with Crippen LogP contribution in [0.3, 0.4) is 0 Å². The zero-order chi connectivity index (χ0) is 3.91. The molecule has 0 radical (unpaired) electrons. The summed E-state index contributed by atoms with van der Waals surface area (Å²) in [6.45, 7) is 0. The zero-order valence-electron chi connectivity index (χ0n) is 2.08. The molecular weight excluding hydrogens is 160 g/mol. The van der Waals surface area contributed by atoms with E-state index in [2.05, 4.69) is 7.08 Å². The summed E-state index contributed by atoms with van der Waals surface area (Å²) >= 11 is -4.02. The third kappa shape index (κ3) is 0.850. The Kier molecular flexibility index (Phi) is 0.503. The van der Waals surface area contributed by atoms with Crippen LogP contribution < -0.4 is 0 Å². The van der Waals surface area contributed by atoms with Crippen molar-refractivity contribution in [2.45, 2.75) is 0 Å². The van der Waals surface area contributed by atoms with Gasteiger partial charge in [0.1, 0.15) is 0 Å². The molecule has 0 atom stereocenters. The van der Waals surface area contributed by atoms with Crippen LogP contribution in [0.15, 0.2) is 0 Å². The van der Waals surface area contributed by atoms with E-state index >= 15 is 0 Å². The Bertz CT molecular complexity index is 75.6. The molecule has 1 aliphatic rings. The first-order valence-corrected chi connectivity index (χ1v) is 4.20. The molecule has 0 aromatic heterocycles. The topological polar surface area (TPSA) is 62.4 Å². The first kappa shape index (κ1) is 3.55. The molecule has 0 amide bonds. The summed E-state index contributed by atoms with van der Waals surface area (Å²) < 4.78 is 24.5. The number of hydrogen-bond donors (Lipinski definition) is 1. The van der Waals surface area contributed by atoms with Crippen molar-refractivity contribution in [3.63, 3.8) is 0 Å². The van der Waals surface area contributed by atoms with Gasteiger partial charge in [0.15, 0.2) is 0 Å². The predicted molar refractivity (Wildman–Crippen MR) is 5.08 cm³/mol. The summed E-state index contributed by atoms with van der Waals surface area (Å²) in [5, 5.41) is 0. The van der Waals surface area contributed by atoms with Gasteiger partial charge >= 0.3 is 31.4 Å². The Morgan fingerprint density at radius 3 is 1.80 bits per heavy atom. The van der Waals surface area contributed by atoms with Crippen LogP contribution in [0, 0.1) is 0 Å².